The molecule has 0 saturated carbocycles. The largest absolute Gasteiger partial charge is 0.494 e. The highest BCUT2D eigenvalue weighted by atomic mass is 16.5. The average molecular weight is 154 g/mol. The summed E-state index contributed by atoms with van der Waals surface area (Å²) in [6, 6.07) is 0. The fourth-order valence-corrected chi connectivity index (χ4v) is 0.532. The molecule has 0 amide bonds. The van der Waals surface area contributed by atoms with Gasteiger partial charge in [-0.25, -0.2) is 14.8 Å². The van der Waals surface area contributed by atoms with Gasteiger partial charge in [0.25, 0.3) is 0 Å². The molecule has 58 valence electrons. The fraction of sp³-hybridized carbons (Fsp3) is 0.167. The Labute approximate surface area is 62.7 Å². The minimum atomic E-state index is -1.15. The molecule has 1 rings (SSSR count). The molecule has 5 nitrogen and oxygen atoms in total. The van der Waals surface area contributed by atoms with Crippen LogP contribution in [0, 0.1) is 0 Å². The highest BCUT2D eigenvalue weighted by molar-refractivity contribution is 5.82. The Kier molecular flexibility index (Phi) is 2.00. The van der Waals surface area contributed by atoms with Crippen molar-refractivity contribution in [1.29, 1.82) is 0 Å². The van der Waals surface area contributed by atoms with Crippen LogP contribution in [-0.2, 0) is 0 Å². The molecule has 0 atom stereocenters. The number of carboxylic acid groups (broad SMARTS) is 1. The van der Waals surface area contributed by atoms with Gasteiger partial charge in [0, 0.05) is 0 Å². The van der Waals surface area contributed by atoms with Crippen molar-refractivity contribution in [3.63, 3.8) is 0 Å². The Bertz CT molecular complexity index is 257. The first-order chi connectivity index (χ1) is 5.24. The van der Waals surface area contributed by atoms with Crippen molar-refractivity contribution < 1.29 is 14.6 Å². The lowest BCUT2D eigenvalue weighted by Crippen LogP contribution is -2.03. The first-order valence-corrected chi connectivity index (χ1v) is 2.83. The van der Waals surface area contributed by atoms with Crippen LogP contribution in [0.2, 0.25) is 0 Å². The predicted molar refractivity (Wildman–Crippen MR) is 35.5 cm³/mol. The SMILES string of the molecule is COc1cnc(C(=O)O)nc1. The molecule has 0 saturated heterocycles. The first kappa shape index (κ1) is 7.46. The van der Waals surface area contributed by atoms with Gasteiger partial charge in [0.05, 0.1) is 19.5 Å². The zero-order valence-corrected chi connectivity index (χ0v) is 5.81. The number of carbonyl (C=O) groups is 1. The number of hydrogen-bond donors (Lipinski definition) is 1. The van der Waals surface area contributed by atoms with Crippen molar-refractivity contribution in [2.75, 3.05) is 7.11 Å². The van der Waals surface area contributed by atoms with E-state index in [1.54, 1.807) is 0 Å². The standard InChI is InChI=1S/C6H6N2O3/c1-11-4-2-7-5(6(9)10)8-3-4/h2-3H,1H3,(H,9,10). The van der Waals surface area contributed by atoms with E-state index in [2.05, 4.69) is 9.97 Å². The van der Waals surface area contributed by atoms with Gasteiger partial charge in [0.15, 0.2) is 5.75 Å². The van der Waals surface area contributed by atoms with Crippen molar-refractivity contribution in [3.8, 4) is 5.75 Å². The zero-order valence-electron chi connectivity index (χ0n) is 5.81. The molecule has 0 aliphatic heterocycles. The van der Waals surface area contributed by atoms with E-state index in [9.17, 15) is 4.79 Å². The highest BCUT2D eigenvalue weighted by Gasteiger charge is 2.04. The second-order valence-corrected chi connectivity index (χ2v) is 1.75. The third-order valence-electron chi connectivity index (χ3n) is 1.06. The van der Waals surface area contributed by atoms with E-state index in [0.717, 1.165) is 0 Å². The topological polar surface area (TPSA) is 72.3 Å². The number of carboxylic acids is 1. The maximum Gasteiger partial charge on any atom is 0.373 e. The Morgan fingerprint density at radius 2 is 2.09 bits per heavy atom. The van der Waals surface area contributed by atoms with Crippen LogP contribution in [0.3, 0.4) is 0 Å². The number of ether oxygens (including phenoxy) is 1. The summed E-state index contributed by atoms with van der Waals surface area (Å²) in [6.45, 7) is 0. The predicted octanol–water partition coefficient (Wildman–Crippen LogP) is 0.183. The number of rotatable bonds is 2. The molecule has 1 aromatic heterocycles. The maximum atomic E-state index is 10.2. The second kappa shape index (κ2) is 2.96. The first-order valence-electron chi connectivity index (χ1n) is 2.83. The summed E-state index contributed by atoms with van der Waals surface area (Å²) in [6.07, 6.45) is 2.60. The quantitative estimate of drug-likeness (QED) is 0.657. The van der Waals surface area contributed by atoms with Gasteiger partial charge in [-0.3, -0.25) is 0 Å². The van der Waals surface area contributed by atoms with Gasteiger partial charge in [-0.1, -0.05) is 0 Å². The smallest absolute Gasteiger partial charge is 0.373 e. The van der Waals surface area contributed by atoms with Gasteiger partial charge in [-0.05, 0) is 0 Å². The molecule has 1 aromatic rings. The Morgan fingerprint density at radius 1 is 1.55 bits per heavy atom. The lowest BCUT2D eigenvalue weighted by Gasteiger charge is -1.96. The van der Waals surface area contributed by atoms with Crippen LogP contribution in [0.15, 0.2) is 12.4 Å². The Hall–Kier alpha value is -1.65. The van der Waals surface area contributed by atoms with E-state index in [4.69, 9.17) is 9.84 Å². The molecule has 1 heterocycles. The fourth-order valence-electron chi connectivity index (χ4n) is 0.532. The third-order valence-corrected chi connectivity index (χ3v) is 1.06. The van der Waals surface area contributed by atoms with Crippen LogP contribution in [0.5, 0.6) is 5.75 Å². The van der Waals surface area contributed by atoms with Gasteiger partial charge >= 0.3 is 5.97 Å². The van der Waals surface area contributed by atoms with Gasteiger partial charge in [-0.15, -0.1) is 0 Å². The Balaban J connectivity index is 2.91. The minimum absolute atomic E-state index is 0.231. The van der Waals surface area contributed by atoms with Crippen molar-refractivity contribution >= 4 is 5.97 Å². The van der Waals surface area contributed by atoms with Crippen LogP contribution in [0.4, 0.5) is 0 Å². The average Bonchev–Trinajstić information content (AvgIpc) is 2.05. The van der Waals surface area contributed by atoms with Gasteiger partial charge < -0.3 is 9.84 Å². The van der Waals surface area contributed by atoms with Crippen LogP contribution >= 0.6 is 0 Å². The summed E-state index contributed by atoms with van der Waals surface area (Å²) in [4.78, 5) is 17.3. The summed E-state index contributed by atoms with van der Waals surface area (Å²) in [5.41, 5.74) is 0. The Morgan fingerprint density at radius 3 is 2.45 bits per heavy atom. The van der Waals surface area contributed by atoms with E-state index in [1.165, 1.54) is 19.5 Å². The highest BCUT2D eigenvalue weighted by Crippen LogP contribution is 2.03. The molecule has 0 radical (unpaired) electrons. The van der Waals surface area contributed by atoms with E-state index >= 15 is 0 Å². The van der Waals surface area contributed by atoms with E-state index in [0.29, 0.717) is 5.75 Å². The van der Waals surface area contributed by atoms with Gasteiger partial charge in [0.2, 0.25) is 5.82 Å². The zero-order chi connectivity index (χ0) is 8.27. The van der Waals surface area contributed by atoms with Crippen LogP contribution in [-0.4, -0.2) is 28.2 Å². The molecule has 0 bridgehead atoms. The van der Waals surface area contributed by atoms with Crippen LogP contribution < -0.4 is 4.74 Å². The lowest BCUT2D eigenvalue weighted by molar-refractivity contribution is 0.0683. The summed E-state index contributed by atoms with van der Waals surface area (Å²) in [5.74, 6) is -0.937. The number of hydrogen-bond acceptors (Lipinski definition) is 4. The summed E-state index contributed by atoms with van der Waals surface area (Å²) in [5, 5.41) is 8.38. The number of methoxy groups -OCH3 is 1. The molecule has 0 unspecified atom stereocenters. The van der Waals surface area contributed by atoms with E-state index < -0.39 is 5.97 Å². The van der Waals surface area contributed by atoms with Crippen molar-refractivity contribution in [1.82, 2.24) is 9.97 Å². The van der Waals surface area contributed by atoms with Crippen molar-refractivity contribution in [3.05, 3.63) is 18.2 Å². The molecule has 0 aliphatic rings. The van der Waals surface area contributed by atoms with Crippen LogP contribution in [0.1, 0.15) is 10.6 Å². The molecule has 11 heavy (non-hydrogen) atoms. The monoisotopic (exact) mass is 154 g/mol. The maximum absolute atomic E-state index is 10.2. The van der Waals surface area contributed by atoms with Crippen LogP contribution in [0.25, 0.3) is 0 Å². The third kappa shape index (κ3) is 1.64. The van der Waals surface area contributed by atoms with E-state index in [1.807, 2.05) is 0 Å². The molecular formula is C6H6N2O3. The molecule has 1 N–H and O–H groups in total. The lowest BCUT2D eigenvalue weighted by atomic mass is 10.5. The second-order valence-electron chi connectivity index (χ2n) is 1.75. The van der Waals surface area contributed by atoms with Gasteiger partial charge in [0.1, 0.15) is 0 Å². The number of aromatic nitrogens is 2. The number of aromatic carboxylic acids is 1. The van der Waals surface area contributed by atoms with E-state index in [-0.39, 0.29) is 5.82 Å². The van der Waals surface area contributed by atoms with Crippen molar-refractivity contribution in [2.45, 2.75) is 0 Å². The normalized spacial score (nSPS) is 9.18. The summed E-state index contributed by atoms with van der Waals surface area (Å²) >= 11 is 0. The molecule has 0 spiro atoms. The molecule has 0 fully saturated rings. The molecule has 5 heteroatoms. The minimum Gasteiger partial charge on any atom is -0.494 e. The molecular weight excluding hydrogens is 148 g/mol. The number of nitrogens with zero attached hydrogens (tertiary/aromatic N) is 2. The molecule has 0 aliphatic carbocycles. The van der Waals surface area contributed by atoms with Gasteiger partial charge in [-0.2, -0.15) is 0 Å². The summed E-state index contributed by atoms with van der Waals surface area (Å²) in [7, 11) is 1.46. The summed E-state index contributed by atoms with van der Waals surface area (Å²) < 4.78 is 4.73. The van der Waals surface area contributed by atoms with Crippen molar-refractivity contribution in [2.24, 2.45) is 0 Å². The molecule has 0 aromatic carbocycles.